The third-order valence-corrected chi connectivity index (χ3v) is 3.29. The van der Waals surface area contributed by atoms with Crippen LogP contribution in [-0.2, 0) is 16.0 Å². The van der Waals surface area contributed by atoms with Gasteiger partial charge in [0.2, 0.25) is 0 Å². The summed E-state index contributed by atoms with van der Waals surface area (Å²) >= 11 is 3.23. The van der Waals surface area contributed by atoms with Gasteiger partial charge in [0.1, 0.15) is 11.4 Å². The lowest BCUT2D eigenvalue weighted by Gasteiger charge is -2.21. The minimum absolute atomic E-state index is 0.0395. The summed E-state index contributed by atoms with van der Waals surface area (Å²) < 4.78 is 18.5. The number of halogens is 2. The highest BCUT2D eigenvalue weighted by atomic mass is 79.9. The molecule has 0 fully saturated rings. The highest BCUT2D eigenvalue weighted by Crippen LogP contribution is 2.21. The van der Waals surface area contributed by atoms with Gasteiger partial charge in [-0.1, -0.05) is 22.0 Å². The molecule has 0 amide bonds. The Hall–Kier alpha value is -0.740. The molecule has 0 heterocycles. The fraction of sp³-hybridized carbons (Fsp3) is 0.417. The van der Waals surface area contributed by atoms with Gasteiger partial charge in [0.15, 0.2) is 5.78 Å². The summed E-state index contributed by atoms with van der Waals surface area (Å²) in [6, 6.07) is 4.29. The molecule has 0 spiro atoms. The molecule has 4 heteroatoms. The normalized spacial score (nSPS) is 11.6. The van der Waals surface area contributed by atoms with Gasteiger partial charge < -0.3 is 4.74 Å². The van der Waals surface area contributed by atoms with Crippen LogP contribution in [0.5, 0.6) is 0 Å². The second-order valence-corrected chi connectivity index (χ2v) is 4.90. The minimum atomic E-state index is -0.812. The SMILES string of the molecule is COC(C)(C)C(=O)Cc1ccc(F)cc1Br. The van der Waals surface area contributed by atoms with Gasteiger partial charge in [-0.05, 0) is 31.5 Å². The lowest BCUT2D eigenvalue weighted by molar-refractivity contribution is -0.136. The first-order valence-corrected chi connectivity index (χ1v) is 5.68. The molecule has 16 heavy (non-hydrogen) atoms. The summed E-state index contributed by atoms with van der Waals surface area (Å²) in [5.41, 5.74) is -0.0510. The molecule has 0 unspecified atom stereocenters. The van der Waals surface area contributed by atoms with Crippen molar-refractivity contribution in [3.8, 4) is 0 Å². The highest BCUT2D eigenvalue weighted by Gasteiger charge is 2.27. The Morgan fingerprint density at radius 3 is 2.62 bits per heavy atom. The molecular formula is C12H14BrFO2. The van der Waals surface area contributed by atoms with Crippen LogP contribution in [0, 0.1) is 5.82 Å². The van der Waals surface area contributed by atoms with Gasteiger partial charge in [0, 0.05) is 18.0 Å². The lowest BCUT2D eigenvalue weighted by Crippen LogP contribution is -2.35. The van der Waals surface area contributed by atoms with E-state index >= 15 is 0 Å². The molecule has 1 aromatic carbocycles. The van der Waals surface area contributed by atoms with Crippen LogP contribution in [0.1, 0.15) is 19.4 Å². The van der Waals surface area contributed by atoms with Crippen molar-refractivity contribution in [1.29, 1.82) is 0 Å². The van der Waals surface area contributed by atoms with Crippen LogP contribution in [0.2, 0.25) is 0 Å². The molecule has 0 saturated heterocycles. The zero-order valence-corrected chi connectivity index (χ0v) is 11.1. The van der Waals surface area contributed by atoms with Gasteiger partial charge in [-0.15, -0.1) is 0 Å². The van der Waals surface area contributed by atoms with E-state index in [1.165, 1.54) is 19.2 Å². The first-order valence-electron chi connectivity index (χ1n) is 4.89. The Morgan fingerprint density at radius 2 is 2.12 bits per heavy atom. The van der Waals surface area contributed by atoms with E-state index in [1.54, 1.807) is 19.9 Å². The number of hydrogen-bond donors (Lipinski definition) is 0. The van der Waals surface area contributed by atoms with Gasteiger partial charge >= 0.3 is 0 Å². The van der Waals surface area contributed by atoms with Crippen LogP contribution in [0.4, 0.5) is 4.39 Å². The monoisotopic (exact) mass is 288 g/mol. The van der Waals surface area contributed by atoms with Crippen LogP contribution >= 0.6 is 15.9 Å². The Labute approximate surface area is 103 Å². The molecule has 0 aliphatic rings. The topological polar surface area (TPSA) is 26.3 Å². The van der Waals surface area contributed by atoms with E-state index in [1.807, 2.05) is 0 Å². The van der Waals surface area contributed by atoms with Gasteiger partial charge in [-0.2, -0.15) is 0 Å². The van der Waals surface area contributed by atoms with Crippen LogP contribution in [0.15, 0.2) is 22.7 Å². The van der Waals surface area contributed by atoms with Crippen molar-refractivity contribution in [2.45, 2.75) is 25.9 Å². The van der Waals surface area contributed by atoms with Crippen LogP contribution < -0.4 is 0 Å². The van der Waals surface area contributed by atoms with E-state index in [9.17, 15) is 9.18 Å². The van der Waals surface area contributed by atoms with Gasteiger partial charge in [-0.25, -0.2) is 4.39 Å². The van der Waals surface area contributed by atoms with Gasteiger partial charge in [0.25, 0.3) is 0 Å². The molecule has 0 radical (unpaired) electrons. The number of carbonyl (C=O) groups is 1. The Bertz CT molecular complexity index is 402. The molecule has 0 bridgehead atoms. The molecule has 0 atom stereocenters. The maximum Gasteiger partial charge on any atom is 0.168 e. The first kappa shape index (κ1) is 13.3. The van der Waals surface area contributed by atoms with Crippen molar-refractivity contribution in [2.24, 2.45) is 0 Å². The minimum Gasteiger partial charge on any atom is -0.371 e. The summed E-state index contributed by atoms with van der Waals surface area (Å²) in [6.45, 7) is 3.43. The quantitative estimate of drug-likeness (QED) is 0.851. The van der Waals surface area contributed by atoms with Gasteiger partial charge in [-0.3, -0.25) is 4.79 Å². The number of ether oxygens (including phenoxy) is 1. The zero-order chi connectivity index (χ0) is 12.3. The Kier molecular flexibility index (Phi) is 4.21. The number of ketones is 1. The maximum absolute atomic E-state index is 12.8. The van der Waals surface area contributed by atoms with Crippen molar-refractivity contribution in [1.82, 2.24) is 0 Å². The van der Waals surface area contributed by atoms with E-state index in [0.29, 0.717) is 4.47 Å². The van der Waals surface area contributed by atoms with Gasteiger partial charge in [0.05, 0.1) is 0 Å². The standard InChI is InChI=1S/C12H14BrFO2/c1-12(2,16-3)11(15)6-8-4-5-9(14)7-10(8)13/h4-5,7H,6H2,1-3H3. The maximum atomic E-state index is 12.8. The predicted molar refractivity (Wildman–Crippen MR) is 63.9 cm³/mol. The summed E-state index contributed by atoms with van der Waals surface area (Å²) in [5.74, 6) is -0.364. The molecule has 1 aromatic rings. The molecule has 2 nitrogen and oxygen atoms in total. The number of carbonyl (C=O) groups excluding carboxylic acids is 1. The molecule has 0 aromatic heterocycles. The molecule has 1 rings (SSSR count). The average molecular weight is 289 g/mol. The first-order chi connectivity index (χ1) is 7.36. The summed E-state index contributed by atoms with van der Waals surface area (Å²) in [5, 5.41) is 0. The third-order valence-electron chi connectivity index (χ3n) is 2.55. The fourth-order valence-corrected chi connectivity index (χ4v) is 1.66. The number of rotatable bonds is 4. The lowest BCUT2D eigenvalue weighted by atomic mass is 9.97. The van der Waals surface area contributed by atoms with Crippen molar-refractivity contribution in [3.63, 3.8) is 0 Å². The zero-order valence-electron chi connectivity index (χ0n) is 9.51. The van der Waals surface area contributed by atoms with Crippen molar-refractivity contribution >= 4 is 21.7 Å². The second kappa shape index (κ2) is 5.06. The Morgan fingerprint density at radius 1 is 1.50 bits per heavy atom. The number of methoxy groups -OCH3 is 1. The van der Waals surface area contributed by atoms with E-state index in [0.717, 1.165) is 5.56 Å². The third kappa shape index (κ3) is 3.12. The molecule has 0 aliphatic heterocycles. The van der Waals surface area contributed by atoms with Crippen molar-refractivity contribution in [3.05, 3.63) is 34.1 Å². The largest absolute Gasteiger partial charge is 0.371 e. The number of Topliss-reactive ketones (excluding diaryl/α,β-unsaturated/α-hetero) is 1. The van der Waals surface area contributed by atoms with Crippen molar-refractivity contribution in [2.75, 3.05) is 7.11 Å². The van der Waals surface area contributed by atoms with Crippen LogP contribution in [-0.4, -0.2) is 18.5 Å². The van der Waals surface area contributed by atoms with Crippen LogP contribution in [0.25, 0.3) is 0 Å². The van der Waals surface area contributed by atoms with Crippen LogP contribution in [0.3, 0.4) is 0 Å². The molecule has 88 valence electrons. The summed E-state index contributed by atoms with van der Waals surface area (Å²) in [6.07, 6.45) is 0.224. The fourth-order valence-electron chi connectivity index (χ4n) is 1.16. The van der Waals surface area contributed by atoms with Crippen molar-refractivity contribution < 1.29 is 13.9 Å². The predicted octanol–water partition coefficient (Wildman–Crippen LogP) is 3.12. The number of hydrogen-bond acceptors (Lipinski definition) is 2. The Balaban J connectivity index is 2.85. The molecule has 0 N–H and O–H groups in total. The van der Waals surface area contributed by atoms with E-state index in [-0.39, 0.29) is 18.0 Å². The van der Waals surface area contributed by atoms with E-state index < -0.39 is 5.60 Å². The van der Waals surface area contributed by atoms with E-state index in [4.69, 9.17) is 4.74 Å². The molecule has 0 saturated carbocycles. The second-order valence-electron chi connectivity index (χ2n) is 4.05. The molecular weight excluding hydrogens is 275 g/mol. The average Bonchev–Trinajstić information content (AvgIpc) is 2.22. The highest BCUT2D eigenvalue weighted by molar-refractivity contribution is 9.10. The number of benzene rings is 1. The summed E-state index contributed by atoms with van der Waals surface area (Å²) in [4.78, 5) is 11.9. The smallest absolute Gasteiger partial charge is 0.168 e. The van der Waals surface area contributed by atoms with E-state index in [2.05, 4.69) is 15.9 Å². The molecule has 0 aliphatic carbocycles. The summed E-state index contributed by atoms with van der Waals surface area (Å²) in [7, 11) is 1.50.